The lowest BCUT2D eigenvalue weighted by molar-refractivity contribution is -0.121. The molecule has 1 fully saturated rings. The molecule has 2 aromatic carbocycles. The number of carbonyl (C=O) groups is 2. The van der Waals surface area contributed by atoms with Gasteiger partial charge >= 0.3 is 0 Å². The van der Waals surface area contributed by atoms with Gasteiger partial charge in [0.1, 0.15) is 0 Å². The van der Waals surface area contributed by atoms with E-state index in [1.165, 1.54) is 24.8 Å². The molecule has 0 aromatic heterocycles. The van der Waals surface area contributed by atoms with E-state index in [1.54, 1.807) is 17.0 Å². The summed E-state index contributed by atoms with van der Waals surface area (Å²) in [5, 5.41) is 0. The molecule has 0 aliphatic heterocycles. The van der Waals surface area contributed by atoms with Crippen LogP contribution in [0, 0.1) is 12.8 Å². The zero-order valence-electron chi connectivity index (χ0n) is 16.5. The van der Waals surface area contributed by atoms with Gasteiger partial charge in [-0.2, -0.15) is 0 Å². The highest BCUT2D eigenvalue weighted by Crippen LogP contribution is 2.26. The van der Waals surface area contributed by atoms with E-state index in [1.807, 2.05) is 43.3 Å². The van der Waals surface area contributed by atoms with Crippen LogP contribution in [0.4, 0.5) is 0 Å². The molecule has 0 unspecified atom stereocenters. The van der Waals surface area contributed by atoms with E-state index in [2.05, 4.69) is 15.9 Å². The molecule has 2 aromatic rings. The molecule has 28 heavy (non-hydrogen) atoms. The van der Waals surface area contributed by atoms with Crippen LogP contribution in [-0.2, 0) is 11.3 Å². The Hall–Kier alpha value is -1.94. The van der Waals surface area contributed by atoms with Crippen molar-refractivity contribution in [3.63, 3.8) is 0 Å². The second kappa shape index (κ2) is 10.0. The molecule has 0 saturated heterocycles. The van der Waals surface area contributed by atoms with Crippen LogP contribution < -0.4 is 0 Å². The number of nitrogens with zero attached hydrogens (tertiary/aromatic N) is 1. The van der Waals surface area contributed by atoms with Gasteiger partial charge in [0.15, 0.2) is 5.78 Å². The number of ketones is 1. The average Bonchev–Trinajstić information content (AvgIpc) is 2.70. The summed E-state index contributed by atoms with van der Waals surface area (Å²) in [5.74, 6) is 0.569. The SMILES string of the molecule is Cc1ccc(CN(CC(=O)CC2CCCCC2)C(=O)c2ccc(Br)cc2)cc1. The Morgan fingerprint density at radius 1 is 0.964 bits per heavy atom. The highest BCUT2D eigenvalue weighted by molar-refractivity contribution is 9.10. The van der Waals surface area contributed by atoms with Crippen molar-refractivity contribution in [2.45, 2.75) is 52.0 Å². The molecule has 3 rings (SSSR count). The number of carbonyl (C=O) groups excluding carboxylic acids is 2. The van der Waals surface area contributed by atoms with Crippen LogP contribution in [0.1, 0.15) is 60.0 Å². The highest BCUT2D eigenvalue weighted by Gasteiger charge is 2.22. The fourth-order valence-electron chi connectivity index (χ4n) is 3.88. The second-order valence-electron chi connectivity index (χ2n) is 7.90. The van der Waals surface area contributed by atoms with Crippen molar-refractivity contribution in [2.75, 3.05) is 6.54 Å². The van der Waals surface area contributed by atoms with Crippen LogP contribution in [0.3, 0.4) is 0 Å². The summed E-state index contributed by atoms with van der Waals surface area (Å²) in [6.07, 6.45) is 6.62. The first-order chi connectivity index (χ1) is 13.5. The van der Waals surface area contributed by atoms with E-state index < -0.39 is 0 Å². The Morgan fingerprint density at radius 2 is 1.61 bits per heavy atom. The predicted octanol–water partition coefficient (Wildman–Crippen LogP) is 5.94. The van der Waals surface area contributed by atoms with E-state index >= 15 is 0 Å². The van der Waals surface area contributed by atoms with Crippen molar-refractivity contribution in [3.8, 4) is 0 Å². The Labute approximate surface area is 176 Å². The van der Waals surface area contributed by atoms with E-state index in [-0.39, 0.29) is 18.2 Å². The number of hydrogen-bond acceptors (Lipinski definition) is 2. The van der Waals surface area contributed by atoms with Crippen LogP contribution in [0.25, 0.3) is 0 Å². The van der Waals surface area contributed by atoms with Gasteiger partial charge in [0.05, 0.1) is 6.54 Å². The summed E-state index contributed by atoms with van der Waals surface area (Å²) in [5.41, 5.74) is 2.84. The number of amides is 1. The van der Waals surface area contributed by atoms with Gasteiger partial charge in [-0.1, -0.05) is 77.9 Å². The molecule has 0 spiro atoms. The largest absolute Gasteiger partial charge is 0.327 e. The highest BCUT2D eigenvalue weighted by atomic mass is 79.9. The molecular weight excluding hydrogens is 414 g/mol. The summed E-state index contributed by atoms with van der Waals surface area (Å²) >= 11 is 3.41. The lowest BCUT2D eigenvalue weighted by atomic mass is 9.86. The van der Waals surface area contributed by atoms with Gasteiger partial charge in [0, 0.05) is 23.0 Å². The zero-order valence-corrected chi connectivity index (χ0v) is 18.1. The number of benzene rings is 2. The molecule has 0 heterocycles. The fraction of sp³-hybridized carbons (Fsp3) is 0.417. The summed E-state index contributed by atoms with van der Waals surface area (Å²) in [4.78, 5) is 27.6. The first-order valence-corrected chi connectivity index (χ1v) is 10.9. The number of aryl methyl sites for hydroxylation is 1. The molecule has 4 heteroatoms. The van der Waals surface area contributed by atoms with Crippen molar-refractivity contribution < 1.29 is 9.59 Å². The summed E-state index contributed by atoms with van der Waals surface area (Å²) in [7, 11) is 0. The maximum atomic E-state index is 13.1. The Morgan fingerprint density at radius 3 is 2.25 bits per heavy atom. The molecule has 0 N–H and O–H groups in total. The Kier molecular flexibility index (Phi) is 7.43. The zero-order chi connectivity index (χ0) is 19.9. The normalized spacial score (nSPS) is 14.6. The minimum Gasteiger partial charge on any atom is -0.327 e. The van der Waals surface area contributed by atoms with Crippen molar-refractivity contribution in [3.05, 3.63) is 69.7 Å². The van der Waals surface area contributed by atoms with Crippen LogP contribution >= 0.6 is 15.9 Å². The van der Waals surface area contributed by atoms with Gasteiger partial charge in [-0.15, -0.1) is 0 Å². The maximum absolute atomic E-state index is 13.1. The van der Waals surface area contributed by atoms with Crippen LogP contribution in [0.15, 0.2) is 53.0 Å². The number of hydrogen-bond donors (Lipinski definition) is 0. The number of Topliss-reactive ketones (excluding diaryl/α,β-unsaturated/α-hetero) is 1. The first kappa shape index (κ1) is 20.8. The van der Waals surface area contributed by atoms with Crippen molar-refractivity contribution >= 4 is 27.6 Å². The number of rotatable bonds is 7. The smallest absolute Gasteiger partial charge is 0.254 e. The van der Waals surface area contributed by atoms with E-state index in [9.17, 15) is 9.59 Å². The Balaban J connectivity index is 1.72. The monoisotopic (exact) mass is 441 g/mol. The van der Waals surface area contributed by atoms with Gasteiger partial charge in [0.25, 0.3) is 5.91 Å². The third-order valence-electron chi connectivity index (χ3n) is 5.48. The van der Waals surface area contributed by atoms with Crippen molar-refractivity contribution in [1.82, 2.24) is 4.90 Å². The summed E-state index contributed by atoms with van der Waals surface area (Å²) < 4.78 is 0.933. The first-order valence-electron chi connectivity index (χ1n) is 10.1. The quantitative estimate of drug-likeness (QED) is 0.532. The molecule has 0 bridgehead atoms. The van der Waals surface area contributed by atoms with Crippen molar-refractivity contribution in [2.24, 2.45) is 5.92 Å². The van der Waals surface area contributed by atoms with Crippen LogP contribution in [0.5, 0.6) is 0 Å². The molecule has 148 valence electrons. The third kappa shape index (κ3) is 6.03. The van der Waals surface area contributed by atoms with Gasteiger partial charge < -0.3 is 4.90 Å². The molecule has 0 radical (unpaired) electrons. The van der Waals surface area contributed by atoms with E-state index in [4.69, 9.17) is 0 Å². The topological polar surface area (TPSA) is 37.4 Å². The van der Waals surface area contributed by atoms with Crippen molar-refractivity contribution in [1.29, 1.82) is 0 Å². The lowest BCUT2D eigenvalue weighted by Gasteiger charge is -2.25. The molecule has 1 saturated carbocycles. The molecule has 3 nitrogen and oxygen atoms in total. The van der Waals surface area contributed by atoms with E-state index in [0.29, 0.717) is 24.4 Å². The van der Waals surface area contributed by atoms with E-state index in [0.717, 1.165) is 22.9 Å². The predicted molar refractivity (Wildman–Crippen MR) is 116 cm³/mol. The fourth-order valence-corrected chi connectivity index (χ4v) is 4.14. The molecule has 1 aliphatic rings. The third-order valence-corrected chi connectivity index (χ3v) is 6.01. The Bertz CT molecular complexity index is 792. The van der Waals surface area contributed by atoms with Crippen LogP contribution in [0.2, 0.25) is 0 Å². The minimum atomic E-state index is -0.0925. The maximum Gasteiger partial charge on any atom is 0.254 e. The summed E-state index contributed by atoms with van der Waals surface area (Å²) in [6, 6.07) is 15.5. The minimum absolute atomic E-state index is 0.0925. The molecule has 1 amide bonds. The standard InChI is InChI=1S/C24H28BrNO2/c1-18-7-9-20(10-8-18)16-26(24(28)21-11-13-22(25)14-12-21)17-23(27)15-19-5-3-2-4-6-19/h7-14,19H,2-6,15-17H2,1H3. The number of halogens is 1. The summed E-state index contributed by atoms with van der Waals surface area (Å²) in [6.45, 7) is 2.67. The van der Waals surface area contributed by atoms with Gasteiger partial charge in [-0.3, -0.25) is 9.59 Å². The lowest BCUT2D eigenvalue weighted by Crippen LogP contribution is -2.36. The van der Waals surface area contributed by atoms with Gasteiger partial charge in [0.2, 0.25) is 0 Å². The van der Waals surface area contributed by atoms with Gasteiger partial charge in [-0.05, 0) is 42.7 Å². The van der Waals surface area contributed by atoms with Gasteiger partial charge in [-0.25, -0.2) is 0 Å². The second-order valence-corrected chi connectivity index (χ2v) is 8.82. The average molecular weight is 442 g/mol. The molecular formula is C24H28BrNO2. The molecule has 1 aliphatic carbocycles. The van der Waals surface area contributed by atoms with Crippen LogP contribution in [-0.4, -0.2) is 23.1 Å². The molecule has 0 atom stereocenters.